The third-order valence-electron chi connectivity index (χ3n) is 2.23. The van der Waals surface area contributed by atoms with Crippen molar-refractivity contribution in [1.29, 1.82) is 0 Å². The fourth-order valence-electron chi connectivity index (χ4n) is 1.37. The van der Waals surface area contributed by atoms with Gasteiger partial charge in [0.25, 0.3) is 5.91 Å². The van der Waals surface area contributed by atoms with Crippen LogP contribution in [0.3, 0.4) is 0 Å². The predicted octanol–water partition coefficient (Wildman–Crippen LogP) is 1.74. The number of carbonyl (C=O) groups is 1. The molecule has 1 aromatic carbocycles. The number of aryl methyl sites for hydroxylation is 1. The number of aromatic amines is 1. The van der Waals surface area contributed by atoms with Gasteiger partial charge in [0.05, 0.1) is 6.20 Å². The highest BCUT2D eigenvalue weighted by Crippen LogP contribution is 2.15. The maximum Gasteiger partial charge on any atom is 0.263 e. The number of H-pyrrole nitrogens is 1. The Kier molecular flexibility index (Phi) is 3.40. The summed E-state index contributed by atoms with van der Waals surface area (Å²) < 4.78 is 5.40. The van der Waals surface area contributed by atoms with Gasteiger partial charge >= 0.3 is 0 Å². The molecule has 0 saturated carbocycles. The monoisotopic (exact) mass is 231 g/mol. The largest absolute Gasteiger partial charge is 0.483 e. The van der Waals surface area contributed by atoms with E-state index in [9.17, 15) is 4.79 Å². The number of amides is 1. The van der Waals surface area contributed by atoms with Crippen LogP contribution >= 0.6 is 0 Å². The highest BCUT2D eigenvalue weighted by molar-refractivity contribution is 5.90. The fraction of sp³-hybridized carbons (Fsp3) is 0.167. The van der Waals surface area contributed by atoms with Crippen molar-refractivity contribution < 1.29 is 9.53 Å². The van der Waals surface area contributed by atoms with Gasteiger partial charge in [-0.25, -0.2) is 0 Å². The van der Waals surface area contributed by atoms with E-state index in [0.717, 1.165) is 5.56 Å². The van der Waals surface area contributed by atoms with Crippen LogP contribution in [0.15, 0.2) is 36.5 Å². The molecule has 0 saturated heterocycles. The van der Waals surface area contributed by atoms with E-state index < -0.39 is 0 Å². The first-order chi connectivity index (χ1) is 8.25. The Morgan fingerprint density at radius 3 is 2.94 bits per heavy atom. The third kappa shape index (κ3) is 3.07. The highest BCUT2D eigenvalue weighted by atomic mass is 16.5. The summed E-state index contributed by atoms with van der Waals surface area (Å²) in [4.78, 5) is 11.5. The van der Waals surface area contributed by atoms with Gasteiger partial charge in [-0.2, -0.15) is 5.10 Å². The van der Waals surface area contributed by atoms with Crippen molar-refractivity contribution in [2.45, 2.75) is 6.92 Å². The summed E-state index contributed by atoms with van der Waals surface area (Å²) in [6.07, 6.45) is 1.57. The van der Waals surface area contributed by atoms with Crippen molar-refractivity contribution in [2.24, 2.45) is 0 Å². The second-order valence-electron chi connectivity index (χ2n) is 3.57. The van der Waals surface area contributed by atoms with Crippen LogP contribution in [-0.4, -0.2) is 22.7 Å². The third-order valence-corrected chi connectivity index (χ3v) is 2.23. The Bertz CT molecular complexity index is 494. The zero-order chi connectivity index (χ0) is 12.1. The average molecular weight is 231 g/mol. The number of rotatable bonds is 4. The zero-order valence-electron chi connectivity index (χ0n) is 9.43. The van der Waals surface area contributed by atoms with Crippen molar-refractivity contribution in [1.82, 2.24) is 10.2 Å². The number of anilines is 1. The summed E-state index contributed by atoms with van der Waals surface area (Å²) in [5.74, 6) is 1.05. The van der Waals surface area contributed by atoms with Gasteiger partial charge in [-0.15, -0.1) is 0 Å². The van der Waals surface area contributed by atoms with Crippen molar-refractivity contribution in [3.05, 3.63) is 42.1 Å². The Morgan fingerprint density at radius 1 is 1.41 bits per heavy atom. The number of hydrogen-bond acceptors (Lipinski definition) is 3. The molecule has 1 amide bonds. The van der Waals surface area contributed by atoms with Gasteiger partial charge in [0, 0.05) is 6.07 Å². The molecular formula is C12H13N3O2. The zero-order valence-corrected chi connectivity index (χ0v) is 9.43. The van der Waals surface area contributed by atoms with E-state index in [1.54, 1.807) is 12.3 Å². The molecule has 0 radical (unpaired) electrons. The fourth-order valence-corrected chi connectivity index (χ4v) is 1.37. The molecule has 0 bridgehead atoms. The molecule has 0 fully saturated rings. The molecule has 2 rings (SSSR count). The van der Waals surface area contributed by atoms with E-state index in [-0.39, 0.29) is 12.5 Å². The second kappa shape index (κ2) is 5.16. The number of nitrogens with zero attached hydrogens (tertiary/aromatic N) is 1. The van der Waals surface area contributed by atoms with E-state index in [1.807, 2.05) is 31.2 Å². The highest BCUT2D eigenvalue weighted by Gasteiger charge is 2.05. The molecule has 2 aromatic rings. The molecule has 0 aliphatic rings. The van der Waals surface area contributed by atoms with E-state index in [0.29, 0.717) is 11.6 Å². The van der Waals surface area contributed by atoms with Crippen molar-refractivity contribution in [3.63, 3.8) is 0 Å². The van der Waals surface area contributed by atoms with Gasteiger partial charge < -0.3 is 10.1 Å². The minimum atomic E-state index is -0.225. The Morgan fingerprint density at radius 2 is 2.24 bits per heavy atom. The number of ether oxygens (including phenoxy) is 1. The van der Waals surface area contributed by atoms with Gasteiger partial charge in [-0.05, 0) is 18.6 Å². The van der Waals surface area contributed by atoms with Crippen molar-refractivity contribution in [3.8, 4) is 5.75 Å². The molecule has 1 heterocycles. The molecule has 0 spiro atoms. The summed E-state index contributed by atoms with van der Waals surface area (Å²) in [7, 11) is 0. The normalized spacial score (nSPS) is 9.94. The first-order valence-corrected chi connectivity index (χ1v) is 5.23. The van der Waals surface area contributed by atoms with Crippen molar-refractivity contribution >= 4 is 11.7 Å². The lowest BCUT2D eigenvalue weighted by atomic mass is 10.2. The van der Waals surface area contributed by atoms with Crippen LogP contribution in [0, 0.1) is 6.92 Å². The minimum Gasteiger partial charge on any atom is -0.483 e. The van der Waals surface area contributed by atoms with E-state index in [1.165, 1.54) is 0 Å². The van der Waals surface area contributed by atoms with Gasteiger partial charge in [0.15, 0.2) is 6.61 Å². The van der Waals surface area contributed by atoms with Crippen LogP contribution in [-0.2, 0) is 4.79 Å². The summed E-state index contributed by atoms with van der Waals surface area (Å²) in [5.41, 5.74) is 1.00. The SMILES string of the molecule is Cc1ccccc1OCC(=O)Nc1ccn[nH]1. The lowest BCUT2D eigenvalue weighted by molar-refractivity contribution is -0.118. The lowest BCUT2D eigenvalue weighted by Gasteiger charge is -2.08. The maximum absolute atomic E-state index is 11.5. The van der Waals surface area contributed by atoms with Gasteiger partial charge in [0.1, 0.15) is 11.6 Å². The van der Waals surface area contributed by atoms with Gasteiger partial charge in [-0.3, -0.25) is 9.89 Å². The molecule has 5 nitrogen and oxygen atoms in total. The Labute approximate surface area is 98.8 Å². The maximum atomic E-state index is 11.5. The van der Waals surface area contributed by atoms with Crippen LogP contribution in [0.2, 0.25) is 0 Å². The number of para-hydroxylation sites is 1. The summed E-state index contributed by atoms with van der Waals surface area (Å²) >= 11 is 0. The number of benzene rings is 1. The molecular weight excluding hydrogens is 218 g/mol. The summed E-state index contributed by atoms with van der Waals surface area (Å²) in [6, 6.07) is 9.23. The quantitative estimate of drug-likeness (QED) is 0.842. The summed E-state index contributed by atoms with van der Waals surface area (Å²) in [5, 5.41) is 9.00. The van der Waals surface area contributed by atoms with E-state index >= 15 is 0 Å². The summed E-state index contributed by atoms with van der Waals surface area (Å²) in [6.45, 7) is 1.91. The molecule has 88 valence electrons. The van der Waals surface area contributed by atoms with Crippen LogP contribution < -0.4 is 10.1 Å². The smallest absolute Gasteiger partial charge is 0.263 e. The first-order valence-electron chi connectivity index (χ1n) is 5.23. The molecule has 0 unspecified atom stereocenters. The molecule has 2 N–H and O–H groups in total. The Hall–Kier alpha value is -2.30. The number of nitrogens with one attached hydrogen (secondary N) is 2. The van der Waals surface area contributed by atoms with Gasteiger partial charge in [-0.1, -0.05) is 18.2 Å². The van der Waals surface area contributed by atoms with E-state index in [2.05, 4.69) is 15.5 Å². The predicted molar refractivity (Wildman–Crippen MR) is 63.9 cm³/mol. The van der Waals surface area contributed by atoms with Crippen LogP contribution in [0.4, 0.5) is 5.82 Å². The molecule has 0 aliphatic carbocycles. The number of hydrogen-bond donors (Lipinski definition) is 2. The second-order valence-corrected chi connectivity index (χ2v) is 3.57. The molecule has 5 heteroatoms. The lowest BCUT2D eigenvalue weighted by Crippen LogP contribution is -2.20. The van der Waals surface area contributed by atoms with Crippen LogP contribution in [0.5, 0.6) is 5.75 Å². The average Bonchev–Trinajstić information content (AvgIpc) is 2.81. The van der Waals surface area contributed by atoms with Crippen molar-refractivity contribution in [2.75, 3.05) is 11.9 Å². The Balaban J connectivity index is 1.86. The minimum absolute atomic E-state index is 0.0239. The number of carbonyl (C=O) groups excluding carboxylic acids is 1. The topological polar surface area (TPSA) is 67.0 Å². The van der Waals surface area contributed by atoms with Gasteiger partial charge in [0.2, 0.25) is 0 Å². The molecule has 0 atom stereocenters. The molecule has 1 aromatic heterocycles. The van der Waals surface area contributed by atoms with E-state index in [4.69, 9.17) is 4.74 Å². The molecule has 0 aliphatic heterocycles. The first kappa shape index (κ1) is 11.2. The van der Waals surface area contributed by atoms with Crippen LogP contribution in [0.1, 0.15) is 5.56 Å². The number of aromatic nitrogens is 2. The standard InChI is InChI=1S/C12H13N3O2/c1-9-4-2-3-5-10(9)17-8-12(16)14-11-6-7-13-15-11/h2-7H,8H2,1H3,(H2,13,14,15,16). The van der Waals surface area contributed by atoms with Crippen LogP contribution in [0.25, 0.3) is 0 Å². The molecule has 17 heavy (non-hydrogen) atoms.